The molecular weight excluding hydrogens is 268 g/mol. The minimum Gasteiger partial charge on any atom is -0.394 e. The van der Waals surface area contributed by atoms with Crippen LogP contribution < -0.4 is 5.32 Å². The molecule has 1 fully saturated rings. The second kappa shape index (κ2) is 6.23. The van der Waals surface area contributed by atoms with Crippen molar-refractivity contribution < 1.29 is 14.6 Å². The molecule has 1 aromatic rings. The van der Waals surface area contributed by atoms with Gasteiger partial charge in [-0.2, -0.15) is 0 Å². The van der Waals surface area contributed by atoms with E-state index in [0.717, 1.165) is 0 Å². The van der Waals surface area contributed by atoms with Crippen molar-refractivity contribution in [3.8, 4) is 0 Å². The van der Waals surface area contributed by atoms with Crippen LogP contribution >= 0.6 is 11.6 Å². The summed E-state index contributed by atoms with van der Waals surface area (Å²) in [6.07, 6.45) is -0.326. The van der Waals surface area contributed by atoms with Gasteiger partial charge in [0.1, 0.15) is 0 Å². The highest BCUT2D eigenvalue weighted by Gasteiger charge is 2.29. The maximum absolute atomic E-state index is 12.2. The van der Waals surface area contributed by atoms with Gasteiger partial charge < -0.3 is 20.1 Å². The molecule has 1 aliphatic rings. The summed E-state index contributed by atoms with van der Waals surface area (Å²) in [6, 6.07) is 6.80. The van der Waals surface area contributed by atoms with Crippen LogP contribution in [0, 0.1) is 0 Å². The molecule has 104 valence electrons. The van der Waals surface area contributed by atoms with Gasteiger partial charge in [-0.15, -0.1) is 0 Å². The molecule has 0 saturated carbocycles. The Labute approximate surface area is 117 Å². The fourth-order valence-electron chi connectivity index (χ4n) is 1.96. The molecule has 0 aliphatic carbocycles. The summed E-state index contributed by atoms with van der Waals surface area (Å²) >= 11 is 6.00. The molecule has 1 aromatic carbocycles. The Morgan fingerprint density at radius 1 is 1.58 bits per heavy atom. The minimum absolute atomic E-state index is 0.0368. The Kier molecular flexibility index (Phi) is 4.63. The first-order valence-corrected chi connectivity index (χ1v) is 6.54. The van der Waals surface area contributed by atoms with Gasteiger partial charge in [0.05, 0.1) is 42.6 Å². The standard InChI is InChI=1S/C13H17ClN2O3/c1-9-8-19-10(7-17)6-16(9)13(18)15-12-5-3-2-4-11(12)14/h2-5,9-10,17H,6-8H2,1H3,(H,15,18). The van der Waals surface area contributed by atoms with E-state index in [1.807, 2.05) is 6.92 Å². The van der Waals surface area contributed by atoms with Crippen LogP contribution in [0.25, 0.3) is 0 Å². The summed E-state index contributed by atoms with van der Waals surface area (Å²) in [5.74, 6) is 0. The van der Waals surface area contributed by atoms with Crippen LogP contribution in [0.5, 0.6) is 0 Å². The lowest BCUT2D eigenvalue weighted by Crippen LogP contribution is -2.53. The van der Waals surface area contributed by atoms with E-state index in [0.29, 0.717) is 23.9 Å². The zero-order valence-electron chi connectivity index (χ0n) is 10.7. The molecule has 1 heterocycles. The van der Waals surface area contributed by atoms with Crippen molar-refractivity contribution in [3.05, 3.63) is 29.3 Å². The average Bonchev–Trinajstić information content (AvgIpc) is 2.42. The molecule has 2 N–H and O–H groups in total. The van der Waals surface area contributed by atoms with E-state index in [1.54, 1.807) is 29.2 Å². The highest BCUT2D eigenvalue weighted by Crippen LogP contribution is 2.22. The van der Waals surface area contributed by atoms with Crippen molar-refractivity contribution >= 4 is 23.3 Å². The maximum Gasteiger partial charge on any atom is 0.322 e. The van der Waals surface area contributed by atoms with Crippen molar-refractivity contribution in [3.63, 3.8) is 0 Å². The second-order valence-electron chi connectivity index (χ2n) is 4.55. The summed E-state index contributed by atoms with van der Waals surface area (Å²) in [6.45, 7) is 2.59. The lowest BCUT2D eigenvalue weighted by molar-refractivity contribution is -0.0611. The molecule has 19 heavy (non-hydrogen) atoms. The SMILES string of the molecule is CC1COC(CO)CN1C(=O)Nc1ccccc1Cl. The number of carbonyl (C=O) groups excluding carboxylic acids is 1. The lowest BCUT2D eigenvalue weighted by Gasteiger charge is -2.37. The van der Waals surface area contributed by atoms with Crippen LogP contribution in [0.4, 0.5) is 10.5 Å². The van der Waals surface area contributed by atoms with Crippen molar-refractivity contribution in [1.82, 2.24) is 4.90 Å². The summed E-state index contributed by atoms with van der Waals surface area (Å²) < 4.78 is 5.40. The monoisotopic (exact) mass is 284 g/mol. The molecule has 0 aromatic heterocycles. The number of morpholine rings is 1. The van der Waals surface area contributed by atoms with Gasteiger partial charge >= 0.3 is 6.03 Å². The number of rotatable bonds is 2. The third kappa shape index (κ3) is 3.37. The molecule has 2 unspecified atom stereocenters. The van der Waals surface area contributed by atoms with Gasteiger partial charge in [-0.25, -0.2) is 4.79 Å². The zero-order valence-corrected chi connectivity index (χ0v) is 11.4. The van der Waals surface area contributed by atoms with Crippen LogP contribution in [-0.4, -0.2) is 47.9 Å². The molecule has 1 aliphatic heterocycles. The highest BCUT2D eigenvalue weighted by atomic mass is 35.5. The molecule has 2 atom stereocenters. The Morgan fingerprint density at radius 2 is 2.32 bits per heavy atom. The van der Waals surface area contributed by atoms with E-state index < -0.39 is 0 Å². The Balaban J connectivity index is 2.04. The first-order valence-electron chi connectivity index (χ1n) is 6.16. The van der Waals surface area contributed by atoms with Gasteiger partial charge in [-0.05, 0) is 19.1 Å². The Bertz CT molecular complexity index is 455. The lowest BCUT2D eigenvalue weighted by atomic mass is 10.2. The average molecular weight is 285 g/mol. The summed E-state index contributed by atoms with van der Waals surface area (Å²) in [5.41, 5.74) is 0.577. The number of hydrogen-bond donors (Lipinski definition) is 2. The van der Waals surface area contributed by atoms with E-state index in [-0.39, 0.29) is 24.8 Å². The number of nitrogens with one attached hydrogen (secondary N) is 1. The number of urea groups is 1. The predicted molar refractivity (Wildman–Crippen MR) is 73.5 cm³/mol. The van der Waals surface area contributed by atoms with Crippen LogP contribution in [0.3, 0.4) is 0 Å². The van der Waals surface area contributed by atoms with Crippen LogP contribution in [0.1, 0.15) is 6.92 Å². The van der Waals surface area contributed by atoms with Crippen molar-refractivity contribution in [2.75, 3.05) is 25.1 Å². The van der Waals surface area contributed by atoms with Gasteiger partial charge in [0.15, 0.2) is 0 Å². The molecule has 2 rings (SSSR count). The molecule has 2 amide bonds. The van der Waals surface area contributed by atoms with Crippen LogP contribution in [0.2, 0.25) is 5.02 Å². The van der Waals surface area contributed by atoms with Crippen molar-refractivity contribution in [1.29, 1.82) is 0 Å². The summed E-state index contributed by atoms with van der Waals surface area (Å²) in [7, 11) is 0. The normalized spacial score (nSPS) is 23.2. The summed E-state index contributed by atoms with van der Waals surface area (Å²) in [4.78, 5) is 13.9. The van der Waals surface area contributed by atoms with Gasteiger partial charge in [0.25, 0.3) is 0 Å². The van der Waals surface area contributed by atoms with Gasteiger partial charge in [-0.3, -0.25) is 0 Å². The number of carbonyl (C=O) groups is 1. The molecular formula is C13H17ClN2O3. The number of aliphatic hydroxyl groups excluding tert-OH is 1. The number of benzene rings is 1. The molecule has 0 bridgehead atoms. The quantitative estimate of drug-likeness (QED) is 0.873. The Hall–Kier alpha value is -1.30. The van der Waals surface area contributed by atoms with Crippen molar-refractivity contribution in [2.45, 2.75) is 19.1 Å². The largest absolute Gasteiger partial charge is 0.394 e. The Morgan fingerprint density at radius 3 is 3.00 bits per heavy atom. The number of amides is 2. The topological polar surface area (TPSA) is 61.8 Å². The molecule has 0 radical (unpaired) electrons. The third-order valence-electron chi connectivity index (χ3n) is 3.09. The zero-order chi connectivity index (χ0) is 13.8. The first-order chi connectivity index (χ1) is 9.11. The molecule has 5 nitrogen and oxygen atoms in total. The van der Waals surface area contributed by atoms with Gasteiger partial charge in [-0.1, -0.05) is 23.7 Å². The number of ether oxygens (including phenoxy) is 1. The number of nitrogens with zero attached hydrogens (tertiary/aromatic N) is 1. The maximum atomic E-state index is 12.2. The predicted octanol–water partition coefficient (Wildman–Crippen LogP) is 1.95. The second-order valence-corrected chi connectivity index (χ2v) is 4.96. The molecule has 6 heteroatoms. The van der Waals surface area contributed by atoms with Gasteiger partial charge in [0.2, 0.25) is 0 Å². The van der Waals surface area contributed by atoms with E-state index >= 15 is 0 Å². The molecule has 1 saturated heterocycles. The third-order valence-corrected chi connectivity index (χ3v) is 3.42. The van der Waals surface area contributed by atoms with Crippen molar-refractivity contribution in [2.24, 2.45) is 0 Å². The fraction of sp³-hybridized carbons (Fsp3) is 0.462. The number of hydrogen-bond acceptors (Lipinski definition) is 3. The smallest absolute Gasteiger partial charge is 0.322 e. The number of aliphatic hydroxyl groups is 1. The minimum atomic E-state index is -0.326. The number of halogens is 1. The number of para-hydroxylation sites is 1. The van der Waals surface area contributed by atoms with E-state index in [2.05, 4.69) is 5.32 Å². The first kappa shape index (κ1) is 14.1. The van der Waals surface area contributed by atoms with Crippen LogP contribution in [0.15, 0.2) is 24.3 Å². The van der Waals surface area contributed by atoms with E-state index in [1.165, 1.54) is 0 Å². The van der Waals surface area contributed by atoms with Gasteiger partial charge in [0, 0.05) is 0 Å². The molecule has 0 spiro atoms. The summed E-state index contributed by atoms with van der Waals surface area (Å²) in [5, 5.41) is 12.4. The number of anilines is 1. The van der Waals surface area contributed by atoms with Crippen LogP contribution in [-0.2, 0) is 4.74 Å². The van der Waals surface area contributed by atoms with E-state index in [4.69, 9.17) is 21.4 Å². The fourth-order valence-corrected chi connectivity index (χ4v) is 2.14. The highest BCUT2D eigenvalue weighted by molar-refractivity contribution is 6.33. The van der Waals surface area contributed by atoms with E-state index in [9.17, 15) is 4.79 Å².